The van der Waals surface area contributed by atoms with Crippen LogP contribution in [0.3, 0.4) is 0 Å². The van der Waals surface area contributed by atoms with Gasteiger partial charge in [-0.15, -0.1) is 0 Å². The standard InChI is InChI=1S/C25H28N4O4/c1-27-11-13-28(14-12-27)24(30)18-29(17-19-7-4-3-5-8-19)25(31)22-16-23(33-26-22)20-9-6-10-21(15-20)32-2/h3-10,15-16H,11-14,17-18H2,1-2H3. The van der Waals surface area contributed by atoms with Crippen LogP contribution < -0.4 is 4.74 Å². The zero-order valence-corrected chi connectivity index (χ0v) is 18.9. The average Bonchev–Trinajstić information content (AvgIpc) is 3.35. The molecule has 172 valence electrons. The van der Waals surface area contributed by atoms with E-state index in [0.717, 1.165) is 24.2 Å². The SMILES string of the molecule is COc1cccc(-c2cc(C(=O)N(CC(=O)N3CCN(C)CC3)Cc3ccccc3)no2)c1. The van der Waals surface area contributed by atoms with E-state index in [0.29, 0.717) is 31.1 Å². The fourth-order valence-electron chi connectivity index (χ4n) is 3.77. The number of piperazine rings is 1. The average molecular weight is 449 g/mol. The van der Waals surface area contributed by atoms with Gasteiger partial charge in [-0.05, 0) is 24.7 Å². The second-order valence-corrected chi connectivity index (χ2v) is 8.14. The first-order valence-electron chi connectivity index (χ1n) is 10.9. The molecule has 1 fully saturated rings. The van der Waals surface area contributed by atoms with E-state index in [4.69, 9.17) is 9.26 Å². The summed E-state index contributed by atoms with van der Waals surface area (Å²) < 4.78 is 10.7. The van der Waals surface area contributed by atoms with Crippen LogP contribution in [0.5, 0.6) is 5.75 Å². The smallest absolute Gasteiger partial charge is 0.276 e. The third-order valence-corrected chi connectivity index (χ3v) is 5.77. The van der Waals surface area contributed by atoms with E-state index in [1.807, 2.05) is 66.5 Å². The molecule has 0 unspecified atom stereocenters. The van der Waals surface area contributed by atoms with Gasteiger partial charge in [-0.2, -0.15) is 0 Å². The molecule has 2 heterocycles. The van der Waals surface area contributed by atoms with Gasteiger partial charge in [0.1, 0.15) is 12.3 Å². The van der Waals surface area contributed by atoms with E-state index >= 15 is 0 Å². The maximum atomic E-state index is 13.4. The number of aromatic nitrogens is 1. The highest BCUT2D eigenvalue weighted by Crippen LogP contribution is 2.25. The Labute approximate surface area is 193 Å². The number of amides is 2. The molecule has 2 amide bonds. The summed E-state index contributed by atoms with van der Waals surface area (Å²) in [7, 11) is 3.63. The van der Waals surface area contributed by atoms with Crippen molar-refractivity contribution in [3.8, 4) is 17.1 Å². The molecule has 0 N–H and O–H groups in total. The first-order chi connectivity index (χ1) is 16.0. The van der Waals surface area contributed by atoms with Gasteiger partial charge in [0.2, 0.25) is 5.91 Å². The molecule has 0 aliphatic carbocycles. The first-order valence-corrected chi connectivity index (χ1v) is 10.9. The lowest BCUT2D eigenvalue weighted by Crippen LogP contribution is -2.50. The molecular formula is C25H28N4O4. The maximum absolute atomic E-state index is 13.4. The van der Waals surface area contributed by atoms with Crippen LogP contribution in [0.25, 0.3) is 11.3 Å². The van der Waals surface area contributed by atoms with Gasteiger partial charge in [0.15, 0.2) is 11.5 Å². The highest BCUT2D eigenvalue weighted by Gasteiger charge is 2.26. The van der Waals surface area contributed by atoms with Crippen molar-refractivity contribution in [1.29, 1.82) is 0 Å². The Morgan fingerprint density at radius 3 is 2.52 bits per heavy atom. The summed E-state index contributed by atoms with van der Waals surface area (Å²) in [6.45, 7) is 3.26. The second-order valence-electron chi connectivity index (χ2n) is 8.14. The molecular weight excluding hydrogens is 420 g/mol. The highest BCUT2D eigenvalue weighted by atomic mass is 16.5. The quantitative estimate of drug-likeness (QED) is 0.553. The van der Waals surface area contributed by atoms with E-state index in [1.54, 1.807) is 13.2 Å². The fraction of sp³-hybridized carbons (Fsp3) is 0.320. The third-order valence-electron chi connectivity index (χ3n) is 5.77. The van der Waals surface area contributed by atoms with E-state index in [1.165, 1.54) is 4.90 Å². The molecule has 0 atom stereocenters. The molecule has 1 saturated heterocycles. The summed E-state index contributed by atoms with van der Waals surface area (Å²) in [6.07, 6.45) is 0. The monoisotopic (exact) mass is 448 g/mol. The predicted octanol–water partition coefficient (Wildman–Crippen LogP) is 2.77. The minimum Gasteiger partial charge on any atom is -0.497 e. The van der Waals surface area contributed by atoms with Crippen molar-refractivity contribution >= 4 is 11.8 Å². The largest absolute Gasteiger partial charge is 0.497 e. The molecule has 4 rings (SSSR count). The summed E-state index contributed by atoms with van der Waals surface area (Å²) in [5.41, 5.74) is 1.85. The molecule has 0 saturated carbocycles. The topological polar surface area (TPSA) is 79.1 Å². The first kappa shape index (κ1) is 22.5. The minimum absolute atomic E-state index is 0.0151. The number of hydrogen-bond acceptors (Lipinski definition) is 6. The zero-order valence-electron chi connectivity index (χ0n) is 18.9. The van der Waals surface area contributed by atoms with Gasteiger partial charge in [-0.1, -0.05) is 47.6 Å². The van der Waals surface area contributed by atoms with Crippen molar-refractivity contribution in [3.63, 3.8) is 0 Å². The highest BCUT2D eigenvalue weighted by molar-refractivity contribution is 5.95. The number of ether oxygens (including phenoxy) is 1. The summed E-state index contributed by atoms with van der Waals surface area (Å²) in [6, 6.07) is 18.6. The molecule has 8 heteroatoms. The van der Waals surface area contributed by atoms with E-state index in [-0.39, 0.29) is 24.1 Å². The van der Waals surface area contributed by atoms with Crippen LogP contribution in [0.15, 0.2) is 65.2 Å². The second kappa shape index (κ2) is 10.3. The Bertz CT molecular complexity index is 1090. The zero-order chi connectivity index (χ0) is 23.2. The maximum Gasteiger partial charge on any atom is 0.276 e. The lowest BCUT2D eigenvalue weighted by atomic mass is 10.1. The number of likely N-dealkylation sites (N-methyl/N-ethyl adjacent to an activating group) is 1. The molecule has 1 aromatic heterocycles. The molecule has 0 spiro atoms. The van der Waals surface area contributed by atoms with Gasteiger partial charge in [-0.25, -0.2) is 0 Å². The van der Waals surface area contributed by atoms with Crippen LogP contribution >= 0.6 is 0 Å². The minimum atomic E-state index is -0.348. The molecule has 2 aromatic carbocycles. The fourth-order valence-corrected chi connectivity index (χ4v) is 3.77. The van der Waals surface area contributed by atoms with Crippen molar-refractivity contribution in [2.45, 2.75) is 6.54 Å². The van der Waals surface area contributed by atoms with Gasteiger partial charge >= 0.3 is 0 Å². The number of benzene rings is 2. The Kier molecular flexibility index (Phi) is 7.04. The van der Waals surface area contributed by atoms with Crippen LogP contribution in [-0.2, 0) is 11.3 Å². The van der Waals surface area contributed by atoms with Crippen molar-refractivity contribution < 1.29 is 18.8 Å². The number of rotatable bonds is 7. The molecule has 1 aliphatic heterocycles. The number of carbonyl (C=O) groups is 2. The summed E-state index contributed by atoms with van der Waals surface area (Å²) in [4.78, 5) is 31.9. The van der Waals surface area contributed by atoms with Gasteiger partial charge in [0.05, 0.1) is 7.11 Å². The van der Waals surface area contributed by atoms with Crippen molar-refractivity contribution in [2.24, 2.45) is 0 Å². The van der Waals surface area contributed by atoms with Crippen LogP contribution in [0, 0.1) is 0 Å². The van der Waals surface area contributed by atoms with Crippen molar-refractivity contribution in [2.75, 3.05) is 46.9 Å². The molecule has 8 nitrogen and oxygen atoms in total. The normalized spacial score (nSPS) is 14.2. The summed E-state index contributed by atoms with van der Waals surface area (Å²) >= 11 is 0. The van der Waals surface area contributed by atoms with Crippen molar-refractivity contribution in [1.82, 2.24) is 19.9 Å². The Hall–Kier alpha value is -3.65. The van der Waals surface area contributed by atoms with E-state index < -0.39 is 0 Å². The van der Waals surface area contributed by atoms with Gasteiger partial charge in [-0.3, -0.25) is 9.59 Å². The number of hydrogen-bond donors (Lipinski definition) is 0. The van der Waals surface area contributed by atoms with E-state index in [9.17, 15) is 9.59 Å². The molecule has 1 aliphatic rings. The Morgan fingerprint density at radius 2 is 1.79 bits per heavy atom. The third kappa shape index (κ3) is 5.59. The Morgan fingerprint density at radius 1 is 1.03 bits per heavy atom. The van der Waals surface area contributed by atoms with Crippen LogP contribution in [-0.4, -0.2) is 78.6 Å². The lowest BCUT2D eigenvalue weighted by Gasteiger charge is -2.34. The van der Waals surface area contributed by atoms with E-state index in [2.05, 4.69) is 10.1 Å². The number of carbonyl (C=O) groups excluding carboxylic acids is 2. The molecule has 33 heavy (non-hydrogen) atoms. The van der Waals surface area contributed by atoms with Gasteiger partial charge < -0.3 is 24.0 Å². The summed E-state index contributed by atoms with van der Waals surface area (Å²) in [5, 5.41) is 4.00. The van der Waals surface area contributed by atoms with Gasteiger partial charge in [0.25, 0.3) is 5.91 Å². The predicted molar refractivity (Wildman–Crippen MR) is 124 cm³/mol. The molecule has 0 bridgehead atoms. The number of methoxy groups -OCH3 is 1. The lowest BCUT2D eigenvalue weighted by molar-refractivity contribution is -0.133. The molecule has 3 aromatic rings. The van der Waals surface area contributed by atoms with Crippen LogP contribution in [0.4, 0.5) is 0 Å². The van der Waals surface area contributed by atoms with Gasteiger partial charge in [0, 0.05) is 44.4 Å². The Balaban J connectivity index is 1.54. The van der Waals surface area contributed by atoms with Crippen molar-refractivity contribution in [3.05, 3.63) is 71.9 Å². The van der Waals surface area contributed by atoms with Crippen LogP contribution in [0.2, 0.25) is 0 Å². The molecule has 0 radical (unpaired) electrons. The van der Waals surface area contributed by atoms with Crippen LogP contribution in [0.1, 0.15) is 16.1 Å². The number of nitrogens with zero attached hydrogens (tertiary/aromatic N) is 4. The summed E-state index contributed by atoms with van der Waals surface area (Å²) in [5.74, 6) is 0.727.